The smallest absolute Gasteiger partial charge is 0.318 e. The van der Waals surface area contributed by atoms with Crippen LogP contribution in [0.1, 0.15) is 31.2 Å². The maximum atomic E-state index is 12.3. The van der Waals surface area contributed by atoms with Gasteiger partial charge in [-0.25, -0.2) is 4.79 Å². The van der Waals surface area contributed by atoms with Crippen LogP contribution in [-0.2, 0) is 4.79 Å². The first-order valence-corrected chi connectivity index (χ1v) is 9.56. The van der Waals surface area contributed by atoms with Crippen molar-refractivity contribution in [1.29, 1.82) is 0 Å². The van der Waals surface area contributed by atoms with E-state index in [1.165, 1.54) is 10.5 Å². The number of aryl methyl sites for hydroxylation is 1. The third kappa shape index (κ3) is 4.44. The molecule has 0 aliphatic carbocycles. The van der Waals surface area contributed by atoms with Crippen LogP contribution in [0.15, 0.2) is 29.2 Å². The Morgan fingerprint density at radius 2 is 1.92 bits per heavy atom. The first-order valence-electron chi connectivity index (χ1n) is 8.68. The quantitative estimate of drug-likeness (QED) is 0.883. The van der Waals surface area contributed by atoms with Gasteiger partial charge in [0.05, 0.1) is 0 Å². The topological polar surface area (TPSA) is 61.4 Å². The van der Waals surface area contributed by atoms with E-state index in [0.29, 0.717) is 11.8 Å². The number of amides is 3. The largest absolute Gasteiger partial charge is 0.354 e. The standard InChI is InChI=1S/C18H25N3O2S/c1-13-4-6-14(7-5-13)24-15-8-11-21(12-9-15)18(23)20-16-3-2-10-19-17(16)22/h4-7,15-16H,2-3,8-12H2,1H3,(H,19,22)(H,20,23)/t16-/m0/s1. The molecule has 0 aromatic heterocycles. The molecular weight excluding hydrogens is 322 g/mol. The van der Waals surface area contributed by atoms with Crippen molar-refractivity contribution in [3.63, 3.8) is 0 Å². The summed E-state index contributed by atoms with van der Waals surface area (Å²) in [4.78, 5) is 27.2. The highest BCUT2D eigenvalue weighted by Gasteiger charge is 2.28. The number of benzene rings is 1. The monoisotopic (exact) mass is 347 g/mol. The Labute approximate surface area is 147 Å². The highest BCUT2D eigenvalue weighted by molar-refractivity contribution is 8.00. The molecule has 6 heteroatoms. The maximum absolute atomic E-state index is 12.3. The van der Waals surface area contributed by atoms with Crippen LogP contribution in [0, 0.1) is 6.92 Å². The molecule has 0 unspecified atom stereocenters. The van der Waals surface area contributed by atoms with Crippen LogP contribution < -0.4 is 10.6 Å². The number of likely N-dealkylation sites (tertiary alicyclic amines) is 1. The molecule has 130 valence electrons. The normalized spacial score (nSPS) is 22.1. The third-order valence-electron chi connectivity index (χ3n) is 4.64. The third-order valence-corrected chi connectivity index (χ3v) is 5.99. The molecule has 3 amide bonds. The minimum absolute atomic E-state index is 0.0561. The van der Waals surface area contributed by atoms with Crippen LogP contribution in [0.3, 0.4) is 0 Å². The molecule has 0 radical (unpaired) electrons. The van der Waals surface area contributed by atoms with Crippen molar-refractivity contribution < 1.29 is 9.59 Å². The molecule has 2 saturated heterocycles. The first kappa shape index (κ1) is 17.1. The number of rotatable bonds is 3. The van der Waals surface area contributed by atoms with Crippen LogP contribution in [0.2, 0.25) is 0 Å². The number of carbonyl (C=O) groups excluding carboxylic acids is 2. The Balaban J connectivity index is 1.45. The molecule has 1 aromatic rings. The zero-order valence-electron chi connectivity index (χ0n) is 14.1. The van der Waals surface area contributed by atoms with Crippen molar-refractivity contribution in [3.8, 4) is 0 Å². The van der Waals surface area contributed by atoms with E-state index in [2.05, 4.69) is 41.8 Å². The maximum Gasteiger partial charge on any atom is 0.318 e. The molecule has 2 heterocycles. The summed E-state index contributed by atoms with van der Waals surface area (Å²) < 4.78 is 0. The van der Waals surface area contributed by atoms with E-state index in [9.17, 15) is 9.59 Å². The van der Waals surface area contributed by atoms with Gasteiger partial charge in [0.15, 0.2) is 0 Å². The number of hydrogen-bond donors (Lipinski definition) is 2. The predicted molar refractivity (Wildman–Crippen MR) is 96.2 cm³/mol. The molecule has 2 N–H and O–H groups in total. The molecule has 1 aromatic carbocycles. The minimum atomic E-state index is -0.370. The van der Waals surface area contributed by atoms with E-state index in [1.807, 2.05) is 16.7 Å². The van der Waals surface area contributed by atoms with Crippen molar-refractivity contribution in [1.82, 2.24) is 15.5 Å². The summed E-state index contributed by atoms with van der Waals surface area (Å²) in [6.45, 7) is 4.32. The van der Waals surface area contributed by atoms with Crippen LogP contribution in [0.5, 0.6) is 0 Å². The summed E-state index contributed by atoms with van der Waals surface area (Å²) in [5.41, 5.74) is 1.28. The SMILES string of the molecule is Cc1ccc(SC2CCN(C(=O)N[C@H]3CCCNC3=O)CC2)cc1. The molecule has 0 bridgehead atoms. The number of nitrogens with zero attached hydrogens (tertiary/aromatic N) is 1. The first-order chi connectivity index (χ1) is 11.6. The number of piperidine rings is 2. The summed E-state index contributed by atoms with van der Waals surface area (Å²) in [6, 6.07) is 8.14. The fourth-order valence-corrected chi connectivity index (χ4v) is 4.26. The molecule has 2 fully saturated rings. The summed E-state index contributed by atoms with van der Waals surface area (Å²) >= 11 is 1.90. The Morgan fingerprint density at radius 1 is 1.21 bits per heavy atom. The van der Waals surface area contributed by atoms with Gasteiger partial charge in [0.1, 0.15) is 6.04 Å². The van der Waals surface area contributed by atoms with Crippen LogP contribution >= 0.6 is 11.8 Å². The highest BCUT2D eigenvalue weighted by Crippen LogP contribution is 2.30. The molecule has 1 atom stereocenters. The lowest BCUT2D eigenvalue weighted by molar-refractivity contribution is -0.124. The van der Waals surface area contributed by atoms with Crippen molar-refractivity contribution >= 4 is 23.7 Å². The Kier molecular flexibility index (Phi) is 5.66. The van der Waals surface area contributed by atoms with Gasteiger partial charge in [-0.15, -0.1) is 11.8 Å². The summed E-state index contributed by atoms with van der Waals surface area (Å²) in [7, 11) is 0. The fourth-order valence-electron chi connectivity index (χ4n) is 3.14. The lowest BCUT2D eigenvalue weighted by Crippen LogP contribution is -2.54. The minimum Gasteiger partial charge on any atom is -0.354 e. The zero-order chi connectivity index (χ0) is 16.9. The van der Waals surface area contributed by atoms with E-state index in [0.717, 1.165) is 38.8 Å². The number of nitrogens with one attached hydrogen (secondary N) is 2. The Morgan fingerprint density at radius 3 is 2.58 bits per heavy atom. The molecule has 0 spiro atoms. The lowest BCUT2D eigenvalue weighted by Gasteiger charge is -2.33. The number of thioether (sulfide) groups is 1. The van der Waals surface area contributed by atoms with Crippen LogP contribution in [0.4, 0.5) is 4.79 Å². The number of urea groups is 1. The average Bonchev–Trinajstić information content (AvgIpc) is 2.59. The van der Waals surface area contributed by atoms with Gasteiger partial charge >= 0.3 is 6.03 Å². The molecule has 3 rings (SSSR count). The summed E-state index contributed by atoms with van der Waals surface area (Å²) in [5.74, 6) is -0.0561. The number of carbonyl (C=O) groups is 2. The Bertz CT molecular complexity index is 582. The second-order valence-electron chi connectivity index (χ2n) is 6.55. The van der Waals surface area contributed by atoms with Crippen molar-refractivity contribution in [3.05, 3.63) is 29.8 Å². The molecule has 2 aliphatic rings. The van der Waals surface area contributed by atoms with Crippen molar-refractivity contribution in [2.75, 3.05) is 19.6 Å². The molecule has 2 aliphatic heterocycles. The van der Waals surface area contributed by atoms with Crippen molar-refractivity contribution in [2.45, 2.75) is 48.8 Å². The molecule has 0 saturated carbocycles. The van der Waals surface area contributed by atoms with Gasteiger partial charge in [-0.3, -0.25) is 4.79 Å². The van der Waals surface area contributed by atoms with E-state index >= 15 is 0 Å². The van der Waals surface area contributed by atoms with Gasteiger partial charge in [0, 0.05) is 29.8 Å². The Hall–Kier alpha value is -1.69. The van der Waals surface area contributed by atoms with E-state index < -0.39 is 0 Å². The van der Waals surface area contributed by atoms with Gasteiger partial charge in [-0.1, -0.05) is 17.7 Å². The fraction of sp³-hybridized carbons (Fsp3) is 0.556. The van der Waals surface area contributed by atoms with Crippen LogP contribution in [-0.4, -0.2) is 47.8 Å². The second-order valence-corrected chi connectivity index (χ2v) is 7.93. The summed E-state index contributed by atoms with van der Waals surface area (Å²) in [6.07, 6.45) is 3.63. The van der Waals surface area contributed by atoms with Gasteiger partial charge in [-0.05, 0) is 44.7 Å². The van der Waals surface area contributed by atoms with Crippen LogP contribution in [0.25, 0.3) is 0 Å². The molecule has 24 heavy (non-hydrogen) atoms. The van der Waals surface area contributed by atoms with E-state index in [1.54, 1.807) is 0 Å². The predicted octanol–water partition coefficient (Wildman–Crippen LogP) is 2.54. The van der Waals surface area contributed by atoms with Gasteiger partial charge in [-0.2, -0.15) is 0 Å². The van der Waals surface area contributed by atoms with E-state index in [-0.39, 0.29) is 18.0 Å². The molecule has 5 nitrogen and oxygen atoms in total. The van der Waals surface area contributed by atoms with Gasteiger partial charge in [0.2, 0.25) is 5.91 Å². The van der Waals surface area contributed by atoms with Gasteiger partial charge < -0.3 is 15.5 Å². The number of hydrogen-bond acceptors (Lipinski definition) is 3. The summed E-state index contributed by atoms with van der Waals surface area (Å²) in [5, 5.41) is 6.23. The highest BCUT2D eigenvalue weighted by atomic mass is 32.2. The van der Waals surface area contributed by atoms with Crippen molar-refractivity contribution in [2.24, 2.45) is 0 Å². The zero-order valence-corrected chi connectivity index (χ0v) is 14.9. The van der Waals surface area contributed by atoms with E-state index in [4.69, 9.17) is 0 Å². The lowest BCUT2D eigenvalue weighted by atomic mass is 10.1. The molecular formula is C18H25N3O2S. The van der Waals surface area contributed by atoms with Gasteiger partial charge in [0.25, 0.3) is 0 Å². The second kappa shape index (κ2) is 7.92. The average molecular weight is 347 g/mol.